The second-order valence-electron chi connectivity index (χ2n) is 13.0. The van der Waals surface area contributed by atoms with Crippen molar-refractivity contribution in [1.82, 2.24) is 24.6 Å². The molecule has 16 heteroatoms. The number of nitrogens with zero attached hydrogens (tertiary/aromatic N) is 6. The summed E-state index contributed by atoms with van der Waals surface area (Å²) in [5, 5.41) is 12.2. The van der Waals surface area contributed by atoms with Gasteiger partial charge in [0.2, 0.25) is 0 Å². The van der Waals surface area contributed by atoms with E-state index in [2.05, 4.69) is 15.0 Å². The van der Waals surface area contributed by atoms with Crippen molar-refractivity contribution in [2.24, 2.45) is 0 Å². The molecular formula is C38H43F3N6O6S. The Bertz CT molecular complexity index is 1810. The van der Waals surface area contributed by atoms with Crippen molar-refractivity contribution in [3.8, 4) is 6.07 Å². The number of thioether (sulfide) groups is 1. The largest absolute Gasteiger partial charge is 0.465 e. The number of benzene rings is 2. The number of allylic oxidation sites excluding steroid dienone is 2. The van der Waals surface area contributed by atoms with Crippen molar-refractivity contribution in [3.05, 3.63) is 101 Å². The molecule has 0 N–H and O–H groups in total. The molecule has 0 unspecified atom stereocenters. The van der Waals surface area contributed by atoms with Gasteiger partial charge in [-0.05, 0) is 50.7 Å². The van der Waals surface area contributed by atoms with E-state index in [1.807, 2.05) is 18.0 Å². The summed E-state index contributed by atoms with van der Waals surface area (Å²) in [6.07, 6.45) is 8.59. The summed E-state index contributed by atoms with van der Waals surface area (Å²) >= 11 is 1.35. The Kier molecular flexibility index (Phi) is 14.8. The first-order chi connectivity index (χ1) is 26.0. The third-order valence-electron chi connectivity index (χ3n) is 9.01. The van der Waals surface area contributed by atoms with E-state index in [4.69, 9.17) is 24.2 Å². The number of hydrogen-bond donors (Lipinski definition) is 0. The van der Waals surface area contributed by atoms with Crippen LogP contribution < -0.4 is 0 Å². The van der Waals surface area contributed by atoms with Gasteiger partial charge in [0.05, 0.1) is 49.8 Å². The number of nitriles is 1. The van der Waals surface area contributed by atoms with Crippen LogP contribution in [-0.4, -0.2) is 113 Å². The van der Waals surface area contributed by atoms with Gasteiger partial charge >= 0.3 is 11.9 Å². The molecule has 54 heavy (non-hydrogen) atoms. The van der Waals surface area contributed by atoms with Crippen molar-refractivity contribution < 1.29 is 41.7 Å². The average Bonchev–Trinajstić information content (AvgIpc) is 3.66. The monoisotopic (exact) mass is 768 g/mol. The van der Waals surface area contributed by atoms with Crippen LogP contribution in [0, 0.1) is 28.8 Å². The molecule has 2 saturated heterocycles. The summed E-state index contributed by atoms with van der Waals surface area (Å²) < 4.78 is 68.8. The summed E-state index contributed by atoms with van der Waals surface area (Å²) in [4.78, 5) is 34.1. The van der Waals surface area contributed by atoms with E-state index in [0.29, 0.717) is 5.56 Å². The highest BCUT2D eigenvalue weighted by Gasteiger charge is 2.46. The average molecular weight is 769 g/mol. The number of esters is 2. The number of halogens is 3. The third-order valence-corrected chi connectivity index (χ3v) is 10.5. The minimum absolute atomic E-state index is 0.00143. The standard InChI is InChI=1S/C38H43F3N6O6S/c1-27(54-31-22-51-37(52-23-31)8-4-3-6-29-10-9-28(20-42)18-33(29)40)38(24-47-26-43-25-44-47,32-12-11-30(39)19-34(32)41)53-35(48)7-5-17-50-36(49)21-46-15-13-45(2)14-16-46/h3-4,6,8-12,18-19,25-27,31,37H,5,7,13-17,21-24H2,1-2H3/t27-,31?,37?,38-/m1/s1. The molecule has 0 amide bonds. The lowest BCUT2D eigenvalue weighted by molar-refractivity contribution is -0.164. The zero-order chi connectivity index (χ0) is 38.5. The van der Waals surface area contributed by atoms with E-state index in [9.17, 15) is 18.4 Å². The lowest BCUT2D eigenvalue weighted by Gasteiger charge is -2.40. The minimum Gasteiger partial charge on any atom is -0.465 e. The summed E-state index contributed by atoms with van der Waals surface area (Å²) in [6.45, 7) is 5.53. The number of hydrogen-bond acceptors (Lipinski definition) is 12. The molecule has 0 radical (unpaired) electrons. The van der Waals surface area contributed by atoms with Gasteiger partial charge in [-0.3, -0.25) is 14.5 Å². The summed E-state index contributed by atoms with van der Waals surface area (Å²) in [7, 11) is 2.03. The molecule has 12 nitrogen and oxygen atoms in total. The Balaban J connectivity index is 1.22. The predicted molar refractivity (Wildman–Crippen MR) is 194 cm³/mol. The molecule has 0 bridgehead atoms. The molecule has 288 valence electrons. The Hall–Kier alpha value is -4.53. The normalized spacial score (nSPS) is 20.1. The maximum absolute atomic E-state index is 15.7. The second-order valence-corrected chi connectivity index (χ2v) is 14.7. The van der Waals surface area contributed by atoms with Crippen LogP contribution in [0.15, 0.2) is 67.3 Å². The third kappa shape index (κ3) is 11.5. The first-order valence-electron chi connectivity index (χ1n) is 17.5. The van der Waals surface area contributed by atoms with Crippen LogP contribution in [-0.2, 0) is 40.7 Å². The van der Waals surface area contributed by atoms with Crippen molar-refractivity contribution in [1.29, 1.82) is 5.26 Å². The maximum atomic E-state index is 15.7. The number of rotatable bonds is 16. The Morgan fingerprint density at radius 3 is 2.54 bits per heavy atom. The predicted octanol–water partition coefficient (Wildman–Crippen LogP) is 4.71. The van der Waals surface area contributed by atoms with Gasteiger partial charge in [0, 0.05) is 55.0 Å². The zero-order valence-corrected chi connectivity index (χ0v) is 30.9. The smallest absolute Gasteiger partial charge is 0.320 e. The van der Waals surface area contributed by atoms with Crippen LogP contribution in [0.4, 0.5) is 13.2 Å². The molecule has 3 aromatic rings. The summed E-state index contributed by atoms with van der Waals surface area (Å²) in [6, 6.07) is 9.21. The van der Waals surface area contributed by atoms with E-state index < -0.39 is 40.6 Å². The number of likely N-dealkylation sites (N-methyl/N-ethyl adjacent to an activating group) is 1. The van der Waals surface area contributed by atoms with Gasteiger partial charge in [-0.1, -0.05) is 24.3 Å². The molecule has 0 spiro atoms. The fourth-order valence-electron chi connectivity index (χ4n) is 6.02. The van der Waals surface area contributed by atoms with E-state index in [-0.39, 0.29) is 68.1 Å². The van der Waals surface area contributed by atoms with Gasteiger partial charge < -0.3 is 23.8 Å². The number of piperazine rings is 1. The fourth-order valence-corrected chi connectivity index (χ4v) is 7.38. The van der Waals surface area contributed by atoms with Gasteiger partial charge in [0.1, 0.15) is 30.1 Å². The first kappa shape index (κ1) is 40.7. The van der Waals surface area contributed by atoms with E-state index in [0.717, 1.165) is 44.4 Å². The van der Waals surface area contributed by atoms with Gasteiger partial charge in [-0.2, -0.15) is 10.4 Å². The summed E-state index contributed by atoms with van der Waals surface area (Å²) in [5.41, 5.74) is -1.18. The Labute approximate surface area is 316 Å². The van der Waals surface area contributed by atoms with E-state index >= 15 is 4.39 Å². The lowest BCUT2D eigenvalue weighted by Crippen LogP contribution is -2.47. The highest BCUT2D eigenvalue weighted by Crippen LogP contribution is 2.42. The maximum Gasteiger partial charge on any atom is 0.320 e. The van der Waals surface area contributed by atoms with Gasteiger partial charge in [0.25, 0.3) is 0 Å². The number of carbonyl (C=O) groups is 2. The van der Waals surface area contributed by atoms with Crippen molar-refractivity contribution in [3.63, 3.8) is 0 Å². The van der Waals surface area contributed by atoms with Crippen LogP contribution in [0.5, 0.6) is 0 Å². The number of carbonyl (C=O) groups excluding carboxylic acids is 2. The lowest BCUT2D eigenvalue weighted by atomic mass is 9.89. The molecule has 2 aliphatic heterocycles. The van der Waals surface area contributed by atoms with Crippen LogP contribution in [0.25, 0.3) is 6.08 Å². The summed E-state index contributed by atoms with van der Waals surface area (Å²) in [5.74, 6) is -3.25. The first-order valence-corrected chi connectivity index (χ1v) is 18.5. The van der Waals surface area contributed by atoms with Crippen molar-refractivity contribution in [2.75, 3.05) is 59.6 Å². The molecule has 3 heterocycles. The SMILES string of the molecule is C[C@@H](SC1COC(C=CC=Cc2ccc(C#N)cc2F)OC1)[C@@](Cn1cncn1)(OC(=O)CCCOC(=O)CN1CCN(C)CC1)c1ccc(F)cc1F. The van der Waals surface area contributed by atoms with Gasteiger partial charge in [-0.15, -0.1) is 11.8 Å². The van der Waals surface area contributed by atoms with Crippen molar-refractivity contribution in [2.45, 2.75) is 48.7 Å². The van der Waals surface area contributed by atoms with Crippen LogP contribution >= 0.6 is 11.8 Å². The highest BCUT2D eigenvalue weighted by molar-refractivity contribution is 8.00. The fraction of sp³-hybridized carbons (Fsp3) is 0.447. The molecule has 2 atom stereocenters. The quantitative estimate of drug-likeness (QED) is 0.114. The van der Waals surface area contributed by atoms with Crippen LogP contribution in [0.3, 0.4) is 0 Å². The molecule has 2 aromatic carbocycles. The second kappa shape index (κ2) is 19.7. The molecule has 1 aromatic heterocycles. The molecule has 5 rings (SSSR count). The minimum atomic E-state index is -1.69. The number of aromatic nitrogens is 3. The van der Waals surface area contributed by atoms with Crippen molar-refractivity contribution >= 4 is 29.8 Å². The zero-order valence-electron chi connectivity index (χ0n) is 30.1. The molecule has 0 aliphatic carbocycles. The molecule has 2 fully saturated rings. The Morgan fingerprint density at radius 1 is 1.07 bits per heavy atom. The van der Waals surface area contributed by atoms with Gasteiger partial charge in [0.15, 0.2) is 11.9 Å². The Morgan fingerprint density at radius 2 is 1.85 bits per heavy atom. The van der Waals surface area contributed by atoms with E-state index in [1.165, 1.54) is 47.3 Å². The molecule has 0 saturated carbocycles. The van der Waals surface area contributed by atoms with Gasteiger partial charge in [-0.25, -0.2) is 22.8 Å². The highest BCUT2D eigenvalue weighted by atomic mass is 32.2. The molecular weight excluding hydrogens is 726 g/mol. The number of ether oxygens (including phenoxy) is 4. The topological polar surface area (TPSA) is 132 Å². The molecule has 2 aliphatic rings. The van der Waals surface area contributed by atoms with Crippen LogP contribution in [0.1, 0.15) is 36.5 Å². The van der Waals surface area contributed by atoms with Crippen LogP contribution in [0.2, 0.25) is 0 Å². The van der Waals surface area contributed by atoms with E-state index in [1.54, 1.807) is 31.2 Å².